The molecule has 0 bridgehead atoms. The lowest BCUT2D eigenvalue weighted by atomic mass is 9.87. The highest BCUT2D eigenvalue weighted by molar-refractivity contribution is 7.89. The van der Waals surface area contributed by atoms with Gasteiger partial charge in [0.05, 0.1) is 18.2 Å². The first kappa shape index (κ1) is 22.7. The second kappa shape index (κ2) is 9.30. The topological polar surface area (TPSA) is 112 Å². The van der Waals surface area contributed by atoms with Gasteiger partial charge in [0, 0.05) is 19.3 Å². The number of hydrogen-bond acceptors (Lipinski definition) is 6. The molecule has 28 heavy (non-hydrogen) atoms. The number of nitrogens with zero attached hydrogens (tertiary/aromatic N) is 2. The van der Waals surface area contributed by atoms with Gasteiger partial charge in [-0.2, -0.15) is 4.31 Å². The summed E-state index contributed by atoms with van der Waals surface area (Å²) in [6.45, 7) is 6.38. The third kappa shape index (κ3) is 5.97. The van der Waals surface area contributed by atoms with Gasteiger partial charge in [-0.15, -0.1) is 0 Å². The van der Waals surface area contributed by atoms with Crippen LogP contribution in [0, 0.1) is 5.41 Å². The third-order valence-electron chi connectivity index (χ3n) is 4.83. The molecule has 3 atom stereocenters. The molecule has 1 fully saturated rings. The second-order valence-electron chi connectivity index (χ2n) is 8.46. The summed E-state index contributed by atoms with van der Waals surface area (Å²) in [6, 6.07) is 3.84. The van der Waals surface area contributed by atoms with Crippen molar-refractivity contribution in [3.05, 3.63) is 24.4 Å². The van der Waals surface area contributed by atoms with Crippen molar-refractivity contribution in [1.29, 1.82) is 0 Å². The van der Waals surface area contributed by atoms with Gasteiger partial charge in [-0.25, -0.2) is 13.4 Å². The Morgan fingerprint density at radius 2 is 2.11 bits per heavy atom. The Bertz CT molecular complexity index is 749. The van der Waals surface area contributed by atoms with Gasteiger partial charge in [0.15, 0.2) is 5.03 Å². The number of sulfonamides is 1. The van der Waals surface area contributed by atoms with Gasteiger partial charge in [-0.05, 0) is 43.9 Å². The van der Waals surface area contributed by atoms with E-state index < -0.39 is 22.2 Å². The number of aliphatic hydroxyl groups excluding tert-OH is 1. The van der Waals surface area contributed by atoms with Crippen molar-refractivity contribution in [2.75, 3.05) is 20.1 Å². The van der Waals surface area contributed by atoms with E-state index in [-0.39, 0.29) is 35.5 Å². The standard InChI is InChI=1S/C19H32N4O4S/c1-19(2,3)12-15(20-4)18(25)22-14-8-7-11-23(13-16(14)24)28(26,27)17-9-5-6-10-21-17/h5-6,9-10,14-16,20,24H,7-8,11-13H2,1-4H3,(H,22,25)/t14?,15-,16?/m0/s1. The Morgan fingerprint density at radius 1 is 1.39 bits per heavy atom. The first-order valence-electron chi connectivity index (χ1n) is 9.61. The molecule has 1 aromatic rings. The van der Waals surface area contributed by atoms with Crippen molar-refractivity contribution in [2.45, 2.75) is 63.2 Å². The summed E-state index contributed by atoms with van der Waals surface area (Å²) >= 11 is 0. The molecule has 0 aromatic carbocycles. The van der Waals surface area contributed by atoms with Crippen LogP contribution in [0.15, 0.2) is 29.4 Å². The van der Waals surface area contributed by atoms with E-state index in [2.05, 4.69) is 36.4 Å². The summed E-state index contributed by atoms with van der Waals surface area (Å²) in [5, 5.41) is 16.5. The Labute approximate surface area is 167 Å². The highest BCUT2D eigenvalue weighted by Gasteiger charge is 2.35. The van der Waals surface area contributed by atoms with Crippen LogP contribution < -0.4 is 10.6 Å². The molecule has 2 heterocycles. The number of nitrogens with one attached hydrogen (secondary N) is 2. The fourth-order valence-electron chi connectivity index (χ4n) is 3.35. The van der Waals surface area contributed by atoms with Gasteiger partial charge in [0.25, 0.3) is 10.0 Å². The Morgan fingerprint density at radius 3 is 2.68 bits per heavy atom. The minimum absolute atomic E-state index is 0.0271. The molecule has 1 aromatic heterocycles. The van der Waals surface area contributed by atoms with E-state index in [0.29, 0.717) is 19.3 Å². The fraction of sp³-hybridized carbons (Fsp3) is 0.684. The van der Waals surface area contributed by atoms with Crippen LogP contribution in [-0.2, 0) is 14.8 Å². The highest BCUT2D eigenvalue weighted by atomic mass is 32.2. The summed E-state index contributed by atoms with van der Waals surface area (Å²) in [4.78, 5) is 16.6. The van der Waals surface area contributed by atoms with E-state index in [9.17, 15) is 18.3 Å². The summed E-state index contributed by atoms with van der Waals surface area (Å²) in [7, 11) is -2.04. The number of amides is 1. The molecule has 0 spiro atoms. The van der Waals surface area contributed by atoms with Crippen molar-refractivity contribution >= 4 is 15.9 Å². The highest BCUT2D eigenvalue weighted by Crippen LogP contribution is 2.22. The largest absolute Gasteiger partial charge is 0.390 e. The molecule has 1 aliphatic heterocycles. The minimum atomic E-state index is -3.78. The van der Waals surface area contributed by atoms with Crippen LogP contribution in [0.3, 0.4) is 0 Å². The predicted octanol–water partition coefficient (Wildman–Crippen LogP) is 0.736. The lowest BCUT2D eigenvalue weighted by molar-refractivity contribution is -0.125. The fourth-order valence-corrected chi connectivity index (χ4v) is 4.77. The van der Waals surface area contributed by atoms with Gasteiger partial charge in [-0.3, -0.25) is 4.79 Å². The Balaban J connectivity index is 2.06. The number of pyridine rings is 1. The molecule has 158 valence electrons. The summed E-state index contributed by atoms with van der Waals surface area (Å²) < 4.78 is 26.8. The van der Waals surface area contributed by atoms with Gasteiger partial charge in [-0.1, -0.05) is 26.8 Å². The van der Waals surface area contributed by atoms with Gasteiger partial charge in [0.2, 0.25) is 5.91 Å². The molecular formula is C19H32N4O4S. The van der Waals surface area contributed by atoms with Crippen LogP contribution >= 0.6 is 0 Å². The number of β-amino-alcohol motifs (C(OH)–C–C–N with tert-alkyl or cyclic N) is 1. The second-order valence-corrected chi connectivity index (χ2v) is 10.3. The van der Waals surface area contributed by atoms with E-state index in [1.807, 2.05) is 0 Å². The number of carbonyl (C=O) groups excluding carboxylic acids is 1. The Hall–Kier alpha value is -1.55. The molecule has 1 amide bonds. The van der Waals surface area contributed by atoms with Crippen molar-refractivity contribution in [2.24, 2.45) is 5.41 Å². The van der Waals surface area contributed by atoms with Crippen molar-refractivity contribution in [1.82, 2.24) is 19.9 Å². The third-order valence-corrected chi connectivity index (χ3v) is 6.61. The van der Waals surface area contributed by atoms with Crippen molar-refractivity contribution in [3.63, 3.8) is 0 Å². The maximum atomic E-state index is 12.8. The molecule has 0 saturated carbocycles. The average molecular weight is 413 g/mol. The molecule has 0 aliphatic carbocycles. The minimum Gasteiger partial charge on any atom is -0.390 e. The van der Waals surface area contributed by atoms with Crippen LogP contribution in [0.25, 0.3) is 0 Å². The number of carbonyl (C=O) groups is 1. The van der Waals surface area contributed by atoms with Crippen molar-refractivity contribution < 1.29 is 18.3 Å². The molecule has 3 N–H and O–H groups in total. The van der Waals surface area contributed by atoms with Gasteiger partial charge < -0.3 is 15.7 Å². The van der Waals surface area contributed by atoms with Crippen LogP contribution in [0.4, 0.5) is 0 Å². The predicted molar refractivity (Wildman–Crippen MR) is 107 cm³/mol. The summed E-state index contributed by atoms with van der Waals surface area (Å²) in [5.41, 5.74) is -0.0271. The van der Waals surface area contributed by atoms with Gasteiger partial charge >= 0.3 is 0 Å². The molecule has 1 saturated heterocycles. The van der Waals surface area contributed by atoms with Crippen LogP contribution in [-0.4, -0.2) is 67.0 Å². The zero-order chi connectivity index (χ0) is 20.9. The number of hydrogen-bond donors (Lipinski definition) is 3. The molecule has 0 radical (unpaired) electrons. The first-order valence-corrected chi connectivity index (χ1v) is 11.1. The lowest BCUT2D eigenvalue weighted by Crippen LogP contribution is -2.52. The zero-order valence-corrected chi connectivity index (χ0v) is 17.9. The van der Waals surface area contributed by atoms with E-state index in [4.69, 9.17) is 0 Å². The maximum Gasteiger partial charge on any atom is 0.260 e. The summed E-state index contributed by atoms with van der Waals surface area (Å²) in [5.74, 6) is -0.178. The molecule has 2 unspecified atom stereocenters. The molecule has 2 rings (SSSR count). The number of likely N-dealkylation sites (N-methyl/N-ethyl adjacent to an activating group) is 1. The van der Waals surface area contributed by atoms with Gasteiger partial charge in [0.1, 0.15) is 0 Å². The molecule has 1 aliphatic rings. The molecular weight excluding hydrogens is 380 g/mol. The summed E-state index contributed by atoms with van der Waals surface area (Å²) in [6.07, 6.45) is 2.14. The van der Waals surface area contributed by atoms with E-state index in [1.165, 1.54) is 16.6 Å². The lowest BCUT2D eigenvalue weighted by Gasteiger charge is -2.29. The smallest absolute Gasteiger partial charge is 0.260 e. The first-order chi connectivity index (χ1) is 13.0. The zero-order valence-electron chi connectivity index (χ0n) is 17.1. The van der Waals surface area contributed by atoms with E-state index >= 15 is 0 Å². The van der Waals surface area contributed by atoms with Crippen LogP contribution in [0.2, 0.25) is 0 Å². The maximum absolute atomic E-state index is 12.8. The number of rotatable bonds is 6. The normalized spacial score (nSPS) is 23.0. The van der Waals surface area contributed by atoms with Crippen molar-refractivity contribution in [3.8, 4) is 0 Å². The SMILES string of the molecule is CN[C@@H](CC(C)(C)C)C(=O)NC1CCCN(S(=O)(=O)c2ccccn2)CC1O. The quantitative estimate of drug-likeness (QED) is 0.635. The monoisotopic (exact) mass is 412 g/mol. The Kier molecular flexibility index (Phi) is 7.55. The van der Waals surface area contributed by atoms with Crippen LogP contribution in [0.5, 0.6) is 0 Å². The van der Waals surface area contributed by atoms with E-state index in [0.717, 1.165) is 0 Å². The number of aliphatic hydroxyl groups is 1. The van der Waals surface area contributed by atoms with E-state index in [1.54, 1.807) is 19.2 Å². The molecule has 8 nitrogen and oxygen atoms in total. The van der Waals surface area contributed by atoms with Crippen LogP contribution in [0.1, 0.15) is 40.0 Å². The molecule has 9 heteroatoms. The number of aromatic nitrogens is 1. The average Bonchev–Trinajstić information content (AvgIpc) is 2.82.